The second-order valence-corrected chi connectivity index (χ2v) is 8.12. The largest absolute Gasteiger partial charge is 0.465 e. The van der Waals surface area contributed by atoms with Crippen LogP contribution in [0.25, 0.3) is 0 Å². The smallest absolute Gasteiger partial charge is 0.338 e. The number of halogens is 1. The van der Waals surface area contributed by atoms with Crippen LogP contribution < -0.4 is 10.0 Å². The predicted octanol–water partition coefficient (Wildman–Crippen LogP) is 1.00. The minimum absolute atomic E-state index is 0. The minimum atomic E-state index is -3.66. The highest BCUT2D eigenvalue weighted by Crippen LogP contribution is 2.23. The van der Waals surface area contributed by atoms with Crippen LogP contribution in [0.5, 0.6) is 0 Å². The van der Waals surface area contributed by atoms with Crippen LogP contribution in [0.3, 0.4) is 0 Å². The van der Waals surface area contributed by atoms with E-state index in [4.69, 9.17) is 4.74 Å². The lowest BCUT2D eigenvalue weighted by Crippen LogP contribution is -2.52. The van der Waals surface area contributed by atoms with Crippen LogP contribution in [0, 0.1) is 0 Å². The molecule has 1 aliphatic heterocycles. The Balaban J connectivity index is 0.00000264. The van der Waals surface area contributed by atoms with Crippen molar-refractivity contribution in [2.24, 2.45) is 0 Å². The lowest BCUT2D eigenvalue weighted by molar-refractivity contribution is 0.0601. The summed E-state index contributed by atoms with van der Waals surface area (Å²) in [5.74, 6) is -0.550. The van der Waals surface area contributed by atoms with Crippen LogP contribution in [0.4, 0.5) is 0 Å². The summed E-state index contributed by atoms with van der Waals surface area (Å²) in [6.45, 7) is 1.53. The van der Waals surface area contributed by atoms with E-state index in [0.29, 0.717) is 6.61 Å². The standard InChI is InChI=1S/C13H20N2O5S2.ClH/c1-19-9-13(4-3-5-14-13)8-15-22(17,18)11-6-10(7-21-11)12(16)20-2;/h6-7,14-15H,3-5,8-9H2,1-2H3;1H. The van der Waals surface area contributed by atoms with Crippen molar-refractivity contribution >= 4 is 39.7 Å². The van der Waals surface area contributed by atoms with Crippen LogP contribution in [0.15, 0.2) is 15.7 Å². The van der Waals surface area contributed by atoms with Crippen molar-refractivity contribution in [1.29, 1.82) is 0 Å². The van der Waals surface area contributed by atoms with Crippen LogP contribution in [0.2, 0.25) is 0 Å². The van der Waals surface area contributed by atoms with Crippen molar-refractivity contribution in [3.05, 3.63) is 17.0 Å². The van der Waals surface area contributed by atoms with Crippen molar-refractivity contribution < 1.29 is 22.7 Å². The van der Waals surface area contributed by atoms with Gasteiger partial charge in [0, 0.05) is 19.0 Å². The summed E-state index contributed by atoms with van der Waals surface area (Å²) < 4.78 is 37.1. The lowest BCUT2D eigenvalue weighted by atomic mass is 9.99. The molecule has 2 rings (SSSR count). The number of sulfonamides is 1. The third-order valence-electron chi connectivity index (χ3n) is 3.61. The predicted molar refractivity (Wildman–Crippen MR) is 89.9 cm³/mol. The number of nitrogens with one attached hydrogen (secondary N) is 2. The van der Waals surface area contributed by atoms with E-state index in [9.17, 15) is 13.2 Å². The Kier molecular flexibility index (Phi) is 7.43. The van der Waals surface area contributed by atoms with Gasteiger partial charge in [-0.05, 0) is 25.5 Å². The highest BCUT2D eigenvalue weighted by atomic mass is 35.5. The van der Waals surface area contributed by atoms with E-state index in [1.54, 1.807) is 7.11 Å². The second-order valence-electron chi connectivity index (χ2n) is 5.21. The molecule has 132 valence electrons. The van der Waals surface area contributed by atoms with Crippen LogP contribution >= 0.6 is 23.7 Å². The van der Waals surface area contributed by atoms with E-state index in [2.05, 4.69) is 14.8 Å². The molecular formula is C13H21ClN2O5S2. The lowest BCUT2D eigenvalue weighted by Gasteiger charge is -2.28. The van der Waals surface area contributed by atoms with Gasteiger partial charge in [0.05, 0.1) is 24.8 Å². The molecule has 1 saturated heterocycles. The molecule has 0 spiro atoms. The quantitative estimate of drug-likeness (QED) is 0.681. The number of thiophene rings is 1. The Bertz CT molecular complexity index is 626. The van der Waals surface area contributed by atoms with E-state index in [1.807, 2.05) is 0 Å². The number of esters is 1. The van der Waals surface area contributed by atoms with Crippen molar-refractivity contribution in [2.75, 3.05) is 33.9 Å². The monoisotopic (exact) mass is 384 g/mol. The first kappa shape index (κ1) is 20.3. The molecule has 1 aliphatic rings. The zero-order valence-corrected chi connectivity index (χ0v) is 15.4. The number of hydrogen-bond donors (Lipinski definition) is 2. The summed E-state index contributed by atoms with van der Waals surface area (Å²) in [6, 6.07) is 1.32. The highest BCUT2D eigenvalue weighted by molar-refractivity contribution is 7.91. The van der Waals surface area contributed by atoms with Crippen LogP contribution in [-0.2, 0) is 19.5 Å². The van der Waals surface area contributed by atoms with Crippen LogP contribution in [-0.4, -0.2) is 53.8 Å². The molecule has 23 heavy (non-hydrogen) atoms. The summed E-state index contributed by atoms with van der Waals surface area (Å²) in [7, 11) is -0.808. The molecule has 1 unspecified atom stereocenters. The van der Waals surface area contributed by atoms with Gasteiger partial charge in [0.2, 0.25) is 10.0 Å². The highest BCUT2D eigenvalue weighted by Gasteiger charge is 2.35. The van der Waals surface area contributed by atoms with Gasteiger partial charge in [0.25, 0.3) is 0 Å². The zero-order chi connectivity index (χ0) is 16.2. The first-order valence-corrected chi connectivity index (χ1v) is 9.19. The van der Waals surface area contributed by atoms with Gasteiger partial charge in [-0.3, -0.25) is 0 Å². The van der Waals surface area contributed by atoms with E-state index < -0.39 is 16.0 Å². The molecule has 7 nitrogen and oxygen atoms in total. The maximum Gasteiger partial charge on any atom is 0.338 e. The van der Waals surface area contributed by atoms with Crippen molar-refractivity contribution in [3.8, 4) is 0 Å². The Morgan fingerprint density at radius 2 is 2.22 bits per heavy atom. The molecular weight excluding hydrogens is 364 g/mol. The number of hydrogen-bond acceptors (Lipinski definition) is 7. The number of rotatable bonds is 7. The van der Waals surface area contributed by atoms with Gasteiger partial charge in [0.1, 0.15) is 4.21 Å². The average Bonchev–Trinajstić information content (AvgIpc) is 3.15. The summed E-state index contributed by atoms with van der Waals surface area (Å²) >= 11 is 0.992. The second kappa shape index (κ2) is 8.41. The van der Waals surface area contributed by atoms with Crippen molar-refractivity contribution in [1.82, 2.24) is 10.0 Å². The number of carbonyl (C=O) groups excluding carboxylic acids is 1. The average molecular weight is 385 g/mol. The van der Waals surface area contributed by atoms with Gasteiger partial charge in [0.15, 0.2) is 0 Å². The molecule has 0 saturated carbocycles. The molecule has 2 heterocycles. The van der Waals surface area contributed by atoms with Crippen LogP contribution in [0.1, 0.15) is 23.2 Å². The molecule has 1 atom stereocenters. The molecule has 0 bridgehead atoms. The molecule has 0 aromatic carbocycles. The van der Waals surface area contributed by atoms with Gasteiger partial charge in [-0.1, -0.05) is 0 Å². The molecule has 1 aromatic heterocycles. The van der Waals surface area contributed by atoms with E-state index >= 15 is 0 Å². The third-order valence-corrected chi connectivity index (χ3v) is 6.46. The molecule has 2 N–H and O–H groups in total. The third kappa shape index (κ3) is 4.88. The summed E-state index contributed by atoms with van der Waals surface area (Å²) in [6.07, 6.45) is 1.83. The summed E-state index contributed by atoms with van der Waals surface area (Å²) in [4.78, 5) is 11.4. The zero-order valence-electron chi connectivity index (χ0n) is 13.0. The molecule has 0 radical (unpaired) electrons. The van der Waals surface area contributed by atoms with Gasteiger partial charge in [-0.25, -0.2) is 17.9 Å². The molecule has 10 heteroatoms. The maximum absolute atomic E-state index is 12.3. The first-order valence-electron chi connectivity index (χ1n) is 6.83. The Morgan fingerprint density at radius 1 is 1.48 bits per heavy atom. The fourth-order valence-electron chi connectivity index (χ4n) is 2.46. The number of carbonyl (C=O) groups is 1. The summed E-state index contributed by atoms with van der Waals surface area (Å²) in [5, 5.41) is 4.78. The summed E-state index contributed by atoms with van der Waals surface area (Å²) in [5.41, 5.74) is -0.136. The Hall–Kier alpha value is -0.710. The number of methoxy groups -OCH3 is 2. The molecule has 0 aliphatic carbocycles. The van der Waals surface area contributed by atoms with Crippen molar-refractivity contribution in [2.45, 2.75) is 22.6 Å². The molecule has 0 amide bonds. The topological polar surface area (TPSA) is 93.7 Å². The number of ether oxygens (including phenoxy) is 2. The van der Waals surface area contributed by atoms with Gasteiger partial charge in [-0.2, -0.15) is 0 Å². The van der Waals surface area contributed by atoms with E-state index in [1.165, 1.54) is 18.6 Å². The van der Waals surface area contributed by atoms with E-state index in [-0.39, 0.29) is 34.3 Å². The first-order chi connectivity index (χ1) is 10.4. The Labute approximate surface area is 146 Å². The minimum Gasteiger partial charge on any atom is -0.465 e. The molecule has 1 aromatic rings. The van der Waals surface area contributed by atoms with Gasteiger partial charge >= 0.3 is 5.97 Å². The fraction of sp³-hybridized carbons (Fsp3) is 0.615. The van der Waals surface area contributed by atoms with E-state index in [0.717, 1.165) is 30.7 Å². The maximum atomic E-state index is 12.3. The van der Waals surface area contributed by atoms with Crippen molar-refractivity contribution in [3.63, 3.8) is 0 Å². The van der Waals surface area contributed by atoms with Gasteiger partial charge in [-0.15, -0.1) is 23.7 Å². The van der Waals surface area contributed by atoms with Gasteiger partial charge < -0.3 is 14.8 Å². The fourth-order valence-corrected chi connectivity index (χ4v) is 4.78. The molecule has 1 fully saturated rings. The SMILES string of the molecule is COCC1(CNS(=O)(=O)c2cc(C(=O)OC)cs2)CCCN1.Cl. The Morgan fingerprint density at radius 3 is 2.78 bits per heavy atom. The normalized spacial score (nSPS) is 21.0.